The van der Waals surface area contributed by atoms with Gasteiger partial charge in [-0.15, -0.1) is 17.9 Å². The second kappa shape index (κ2) is 6.19. The van der Waals surface area contributed by atoms with Gasteiger partial charge in [0.05, 0.1) is 17.3 Å². The molecule has 0 bridgehead atoms. The highest BCUT2D eigenvalue weighted by Gasteiger charge is 2.22. The summed E-state index contributed by atoms with van der Waals surface area (Å²) in [6.07, 6.45) is 1.38. The topological polar surface area (TPSA) is 66.4 Å². The summed E-state index contributed by atoms with van der Waals surface area (Å²) in [6.45, 7) is 3.93. The standard InChI is InChI=1S/C11H13NO3S/c1-2-5-12-8(7-10(13)14)11(15)9-4-3-6-16-9/h2-4,6,8,12H,1,5,7H2,(H,13,14). The number of nitrogens with one attached hydrogen (secondary N) is 1. The zero-order valence-corrected chi connectivity index (χ0v) is 9.50. The Morgan fingerprint density at radius 1 is 1.62 bits per heavy atom. The number of carboxylic acids is 1. The molecule has 1 atom stereocenters. The van der Waals surface area contributed by atoms with E-state index in [0.29, 0.717) is 11.4 Å². The average Bonchev–Trinajstić information content (AvgIpc) is 2.76. The lowest BCUT2D eigenvalue weighted by Crippen LogP contribution is -2.38. The summed E-state index contributed by atoms with van der Waals surface area (Å²) in [5.41, 5.74) is 0. The monoisotopic (exact) mass is 239 g/mol. The largest absolute Gasteiger partial charge is 0.481 e. The third-order valence-corrected chi connectivity index (χ3v) is 2.85. The zero-order valence-electron chi connectivity index (χ0n) is 8.68. The SMILES string of the molecule is C=CCNC(CC(=O)O)C(=O)c1cccs1. The van der Waals surface area contributed by atoms with E-state index < -0.39 is 12.0 Å². The third kappa shape index (κ3) is 3.60. The molecule has 1 rings (SSSR count). The maximum Gasteiger partial charge on any atom is 0.305 e. The van der Waals surface area contributed by atoms with Crippen molar-refractivity contribution in [3.63, 3.8) is 0 Å². The second-order valence-electron chi connectivity index (χ2n) is 3.19. The van der Waals surface area contributed by atoms with Crippen LogP contribution in [-0.4, -0.2) is 29.4 Å². The van der Waals surface area contributed by atoms with Gasteiger partial charge >= 0.3 is 5.97 Å². The van der Waals surface area contributed by atoms with Crippen molar-refractivity contribution in [3.8, 4) is 0 Å². The molecule has 5 heteroatoms. The molecule has 1 unspecified atom stereocenters. The number of thiophene rings is 1. The number of rotatable bonds is 7. The molecule has 0 aliphatic heterocycles. The lowest BCUT2D eigenvalue weighted by atomic mass is 10.1. The van der Waals surface area contributed by atoms with Gasteiger partial charge in [0.2, 0.25) is 0 Å². The van der Waals surface area contributed by atoms with E-state index in [2.05, 4.69) is 11.9 Å². The van der Waals surface area contributed by atoms with Gasteiger partial charge in [-0.25, -0.2) is 0 Å². The van der Waals surface area contributed by atoms with E-state index in [1.807, 2.05) is 0 Å². The Labute approximate surface area is 97.6 Å². The molecular weight excluding hydrogens is 226 g/mol. The molecule has 1 aromatic rings. The van der Waals surface area contributed by atoms with E-state index in [-0.39, 0.29) is 12.2 Å². The highest BCUT2D eigenvalue weighted by molar-refractivity contribution is 7.12. The molecule has 0 fully saturated rings. The summed E-state index contributed by atoms with van der Waals surface area (Å²) in [5, 5.41) is 13.4. The molecule has 1 heterocycles. The molecule has 0 amide bonds. The first-order valence-corrected chi connectivity index (χ1v) is 5.67. The third-order valence-electron chi connectivity index (χ3n) is 1.97. The fourth-order valence-corrected chi connectivity index (χ4v) is 1.97. The molecule has 0 aromatic carbocycles. The normalized spacial score (nSPS) is 12.0. The van der Waals surface area contributed by atoms with Crippen LogP contribution in [0, 0.1) is 0 Å². The lowest BCUT2D eigenvalue weighted by Gasteiger charge is -2.13. The predicted molar refractivity (Wildman–Crippen MR) is 62.9 cm³/mol. The van der Waals surface area contributed by atoms with E-state index in [1.54, 1.807) is 23.6 Å². The van der Waals surface area contributed by atoms with E-state index in [9.17, 15) is 9.59 Å². The van der Waals surface area contributed by atoms with Crippen molar-refractivity contribution in [2.45, 2.75) is 12.5 Å². The van der Waals surface area contributed by atoms with Crippen molar-refractivity contribution < 1.29 is 14.7 Å². The lowest BCUT2D eigenvalue weighted by molar-refractivity contribution is -0.137. The minimum Gasteiger partial charge on any atom is -0.481 e. The fraction of sp³-hybridized carbons (Fsp3) is 0.273. The Bertz CT molecular complexity index is 373. The number of hydrogen-bond acceptors (Lipinski definition) is 4. The Morgan fingerprint density at radius 2 is 2.38 bits per heavy atom. The minimum absolute atomic E-state index is 0.181. The number of aliphatic carboxylic acids is 1. The first-order valence-electron chi connectivity index (χ1n) is 4.79. The first-order chi connectivity index (χ1) is 7.65. The Balaban J connectivity index is 2.71. The van der Waals surface area contributed by atoms with Gasteiger partial charge in [0.15, 0.2) is 5.78 Å². The molecule has 0 aliphatic carbocycles. The Kier molecular flexibility index (Phi) is 4.88. The van der Waals surface area contributed by atoms with Gasteiger partial charge in [0, 0.05) is 6.54 Å². The summed E-state index contributed by atoms with van der Waals surface area (Å²) in [4.78, 5) is 23.1. The smallest absolute Gasteiger partial charge is 0.305 e. The summed E-state index contributed by atoms with van der Waals surface area (Å²) in [5.74, 6) is -1.18. The second-order valence-corrected chi connectivity index (χ2v) is 4.14. The molecule has 0 radical (unpaired) electrons. The van der Waals surface area contributed by atoms with Crippen LogP contribution in [0.25, 0.3) is 0 Å². The molecule has 1 aromatic heterocycles. The van der Waals surface area contributed by atoms with Crippen LogP contribution in [0.3, 0.4) is 0 Å². The van der Waals surface area contributed by atoms with Crippen molar-refractivity contribution >= 4 is 23.1 Å². The zero-order chi connectivity index (χ0) is 12.0. The van der Waals surface area contributed by atoms with Crippen molar-refractivity contribution in [2.24, 2.45) is 0 Å². The number of carboxylic acid groups (broad SMARTS) is 1. The van der Waals surface area contributed by atoms with Crippen LogP contribution in [0.15, 0.2) is 30.2 Å². The molecule has 2 N–H and O–H groups in total. The van der Waals surface area contributed by atoms with Gasteiger partial charge in [0.25, 0.3) is 0 Å². The molecule has 86 valence electrons. The maximum absolute atomic E-state index is 11.9. The predicted octanol–water partition coefficient (Wildman–Crippen LogP) is 1.55. The number of ketones is 1. The van der Waals surface area contributed by atoms with Crippen molar-refractivity contribution in [1.82, 2.24) is 5.32 Å². The van der Waals surface area contributed by atoms with Crippen molar-refractivity contribution in [1.29, 1.82) is 0 Å². The van der Waals surface area contributed by atoms with Gasteiger partial charge in [-0.05, 0) is 11.4 Å². The number of hydrogen-bond donors (Lipinski definition) is 2. The highest BCUT2D eigenvalue weighted by atomic mass is 32.1. The van der Waals surface area contributed by atoms with Crippen LogP contribution < -0.4 is 5.32 Å². The van der Waals surface area contributed by atoms with E-state index >= 15 is 0 Å². The van der Waals surface area contributed by atoms with Crippen molar-refractivity contribution in [2.75, 3.05) is 6.54 Å². The van der Waals surface area contributed by atoms with E-state index in [4.69, 9.17) is 5.11 Å². The van der Waals surface area contributed by atoms with Crippen LogP contribution in [0.5, 0.6) is 0 Å². The molecule has 0 saturated heterocycles. The molecule has 0 saturated carbocycles. The van der Waals surface area contributed by atoms with Crippen LogP contribution in [0.2, 0.25) is 0 Å². The average molecular weight is 239 g/mol. The van der Waals surface area contributed by atoms with Gasteiger partial charge in [0.1, 0.15) is 0 Å². The van der Waals surface area contributed by atoms with E-state index in [1.165, 1.54) is 11.3 Å². The van der Waals surface area contributed by atoms with Crippen LogP contribution in [-0.2, 0) is 4.79 Å². The summed E-state index contributed by atoms with van der Waals surface area (Å²) >= 11 is 1.31. The van der Waals surface area contributed by atoms with Gasteiger partial charge in [-0.3, -0.25) is 9.59 Å². The maximum atomic E-state index is 11.9. The summed E-state index contributed by atoms with van der Waals surface area (Å²) < 4.78 is 0. The quantitative estimate of drug-likeness (QED) is 0.559. The molecule has 16 heavy (non-hydrogen) atoms. The number of Topliss-reactive ketones (excluding diaryl/α,β-unsaturated/α-hetero) is 1. The number of carbonyl (C=O) groups excluding carboxylic acids is 1. The molecular formula is C11H13NO3S. The first kappa shape index (κ1) is 12.6. The Hall–Kier alpha value is -1.46. The number of carbonyl (C=O) groups is 2. The Morgan fingerprint density at radius 3 is 2.88 bits per heavy atom. The summed E-state index contributed by atoms with van der Waals surface area (Å²) in [6, 6.07) is 2.77. The van der Waals surface area contributed by atoms with E-state index in [0.717, 1.165) is 0 Å². The van der Waals surface area contributed by atoms with Gasteiger partial charge in [-0.1, -0.05) is 12.1 Å². The molecule has 0 spiro atoms. The molecule has 0 aliphatic rings. The minimum atomic E-state index is -0.994. The van der Waals surface area contributed by atoms with Crippen molar-refractivity contribution in [3.05, 3.63) is 35.0 Å². The van der Waals surface area contributed by atoms with Crippen LogP contribution in [0.4, 0.5) is 0 Å². The summed E-state index contributed by atoms with van der Waals surface area (Å²) in [7, 11) is 0. The van der Waals surface area contributed by atoms with Gasteiger partial charge < -0.3 is 10.4 Å². The highest BCUT2D eigenvalue weighted by Crippen LogP contribution is 2.12. The van der Waals surface area contributed by atoms with Gasteiger partial charge in [-0.2, -0.15) is 0 Å². The fourth-order valence-electron chi connectivity index (χ4n) is 1.25. The van der Waals surface area contributed by atoms with Crippen LogP contribution in [0.1, 0.15) is 16.1 Å². The molecule has 4 nitrogen and oxygen atoms in total. The van der Waals surface area contributed by atoms with Crippen LogP contribution >= 0.6 is 11.3 Å².